The molecule has 0 aliphatic heterocycles. The Labute approximate surface area is 136 Å². The van der Waals surface area contributed by atoms with Gasteiger partial charge in [0, 0.05) is 6.08 Å². The van der Waals surface area contributed by atoms with E-state index in [1.165, 1.54) is 0 Å². The summed E-state index contributed by atoms with van der Waals surface area (Å²) >= 11 is 0. The Bertz CT molecular complexity index is 608. The SMILES string of the molecule is CCCOc1ccc(C(C)(C)C)cc1/C(O)=C\C(=O)C(=O)OC. The van der Waals surface area contributed by atoms with E-state index in [-0.39, 0.29) is 11.2 Å². The number of methoxy groups -OCH3 is 1. The maximum atomic E-state index is 11.6. The quantitative estimate of drug-likeness (QED) is 0.376. The second-order valence-electron chi connectivity index (χ2n) is 6.19. The van der Waals surface area contributed by atoms with Crippen molar-refractivity contribution in [3.63, 3.8) is 0 Å². The van der Waals surface area contributed by atoms with E-state index < -0.39 is 11.8 Å². The van der Waals surface area contributed by atoms with Gasteiger partial charge in [0.25, 0.3) is 5.78 Å². The van der Waals surface area contributed by atoms with Crippen molar-refractivity contribution in [3.05, 3.63) is 35.4 Å². The first-order valence-electron chi connectivity index (χ1n) is 7.51. The number of ether oxygens (including phenoxy) is 2. The van der Waals surface area contributed by atoms with E-state index in [4.69, 9.17) is 4.74 Å². The molecule has 0 amide bonds. The molecule has 1 N–H and O–H groups in total. The zero-order valence-electron chi connectivity index (χ0n) is 14.3. The van der Waals surface area contributed by atoms with Crippen LogP contribution in [0, 0.1) is 0 Å². The van der Waals surface area contributed by atoms with Crippen molar-refractivity contribution in [2.75, 3.05) is 13.7 Å². The molecular formula is C18H24O5. The van der Waals surface area contributed by atoms with Crippen LogP contribution in [-0.4, -0.2) is 30.6 Å². The van der Waals surface area contributed by atoms with Crippen LogP contribution in [0.3, 0.4) is 0 Å². The largest absolute Gasteiger partial charge is 0.507 e. The smallest absolute Gasteiger partial charge is 0.378 e. The highest BCUT2D eigenvalue weighted by atomic mass is 16.5. The molecular weight excluding hydrogens is 296 g/mol. The van der Waals surface area contributed by atoms with Gasteiger partial charge in [0.2, 0.25) is 0 Å². The summed E-state index contributed by atoms with van der Waals surface area (Å²) in [5.74, 6) is -1.81. The Morgan fingerprint density at radius 1 is 1.26 bits per heavy atom. The molecule has 5 heteroatoms. The average Bonchev–Trinajstić information content (AvgIpc) is 2.50. The fourth-order valence-electron chi connectivity index (χ4n) is 1.90. The van der Waals surface area contributed by atoms with E-state index in [0.717, 1.165) is 25.2 Å². The number of hydrogen-bond acceptors (Lipinski definition) is 5. The van der Waals surface area contributed by atoms with E-state index >= 15 is 0 Å². The Morgan fingerprint density at radius 2 is 1.91 bits per heavy atom. The lowest BCUT2D eigenvalue weighted by Crippen LogP contribution is -2.14. The third kappa shape index (κ3) is 5.13. The molecule has 0 aromatic heterocycles. The van der Waals surface area contributed by atoms with E-state index in [0.29, 0.717) is 17.9 Å². The molecule has 23 heavy (non-hydrogen) atoms. The molecule has 0 saturated carbocycles. The van der Waals surface area contributed by atoms with Gasteiger partial charge in [-0.15, -0.1) is 0 Å². The first-order valence-corrected chi connectivity index (χ1v) is 7.51. The van der Waals surface area contributed by atoms with Gasteiger partial charge in [0.15, 0.2) is 0 Å². The van der Waals surface area contributed by atoms with Gasteiger partial charge >= 0.3 is 5.97 Å². The van der Waals surface area contributed by atoms with Gasteiger partial charge in [-0.1, -0.05) is 33.8 Å². The first-order chi connectivity index (χ1) is 10.7. The van der Waals surface area contributed by atoms with E-state index in [1.807, 2.05) is 33.8 Å². The number of aliphatic hydroxyl groups is 1. The van der Waals surface area contributed by atoms with Crippen LogP contribution in [0.4, 0.5) is 0 Å². The van der Waals surface area contributed by atoms with Crippen LogP contribution in [0.15, 0.2) is 24.3 Å². The molecule has 0 radical (unpaired) electrons. The maximum absolute atomic E-state index is 11.6. The molecule has 0 heterocycles. The van der Waals surface area contributed by atoms with E-state index in [1.54, 1.807) is 12.1 Å². The molecule has 5 nitrogen and oxygen atoms in total. The highest BCUT2D eigenvalue weighted by Gasteiger charge is 2.19. The van der Waals surface area contributed by atoms with E-state index in [2.05, 4.69) is 4.74 Å². The second-order valence-corrected chi connectivity index (χ2v) is 6.19. The third-order valence-corrected chi connectivity index (χ3v) is 3.24. The van der Waals surface area contributed by atoms with Crippen LogP contribution in [0.5, 0.6) is 5.75 Å². The molecule has 0 spiro atoms. The maximum Gasteiger partial charge on any atom is 0.378 e. The van der Waals surface area contributed by atoms with E-state index in [9.17, 15) is 14.7 Å². The molecule has 126 valence electrons. The standard InChI is InChI=1S/C18H24O5/c1-6-9-23-16-8-7-12(18(2,3)4)10-13(16)14(19)11-15(20)17(21)22-5/h7-8,10-11,19H,6,9H2,1-5H3/b14-11+. The summed E-state index contributed by atoms with van der Waals surface area (Å²) in [4.78, 5) is 22.8. The van der Waals surface area contributed by atoms with Crippen molar-refractivity contribution in [1.82, 2.24) is 0 Å². The number of carbonyl (C=O) groups excluding carboxylic acids is 2. The summed E-state index contributed by atoms with van der Waals surface area (Å²) in [6, 6.07) is 5.45. The normalized spacial score (nSPS) is 12.0. The number of rotatable bonds is 6. The second kappa shape index (κ2) is 7.81. The predicted octanol–water partition coefficient (Wildman–Crippen LogP) is 3.41. The molecule has 0 aliphatic rings. The minimum Gasteiger partial charge on any atom is -0.507 e. The van der Waals surface area contributed by atoms with Crippen LogP contribution in [0.25, 0.3) is 5.76 Å². The monoisotopic (exact) mass is 320 g/mol. The zero-order valence-corrected chi connectivity index (χ0v) is 14.3. The molecule has 0 saturated heterocycles. The Hall–Kier alpha value is -2.30. The lowest BCUT2D eigenvalue weighted by atomic mass is 9.86. The van der Waals surface area contributed by atoms with Crippen LogP contribution in [0.2, 0.25) is 0 Å². The van der Waals surface area contributed by atoms with Crippen molar-refractivity contribution in [3.8, 4) is 5.75 Å². The van der Waals surface area contributed by atoms with Crippen LogP contribution < -0.4 is 4.74 Å². The summed E-state index contributed by atoms with van der Waals surface area (Å²) in [7, 11) is 1.11. The predicted molar refractivity (Wildman–Crippen MR) is 88.6 cm³/mol. The van der Waals surface area contributed by atoms with Crippen molar-refractivity contribution < 1.29 is 24.2 Å². The fourth-order valence-corrected chi connectivity index (χ4v) is 1.90. The summed E-state index contributed by atoms with van der Waals surface area (Å²) in [6.07, 6.45) is 1.67. The van der Waals surface area contributed by atoms with Crippen molar-refractivity contribution >= 4 is 17.5 Å². The Morgan fingerprint density at radius 3 is 2.43 bits per heavy atom. The number of carbonyl (C=O) groups is 2. The van der Waals surface area contributed by atoms with Gasteiger partial charge in [-0.3, -0.25) is 4.79 Å². The Kier molecular flexibility index (Phi) is 6.37. The molecule has 0 fully saturated rings. The molecule has 1 aromatic rings. The number of aliphatic hydroxyl groups excluding tert-OH is 1. The summed E-state index contributed by atoms with van der Waals surface area (Å²) in [6.45, 7) is 8.58. The minimum atomic E-state index is -1.03. The third-order valence-electron chi connectivity index (χ3n) is 3.24. The fraction of sp³-hybridized carbons (Fsp3) is 0.444. The van der Waals surface area contributed by atoms with Crippen LogP contribution >= 0.6 is 0 Å². The van der Waals surface area contributed by atoms with Crippen LogP contribution in [0.1, 0.15) is 45.2 Å². The zero-order chi connectivity index (χ0) is 17.6. The minimum absolute atomic E-state index is 0.134. The summed E-state index contributed by atoms with van der Waals surface area (Å²) in [5.41, 5.74) is 1.22. The topological polar surface area (TPSA) is 72.8 Å². The molecule has 0 unspecified atom stereocenters. The molecule has 0 atom stereocenters. The summed E-state index contributed by atoms with van der Waals surface area (Å²) < 4.78 is 9.96. The molecule has 1 rings (SSSR count). The Balaban J connectivity index is 3.30. The summed E-state index contributed by atoms with van der Waals surface area (Å²) in [5, 5.41) is 10.3. The van der Waals surface area contributed by atoms with Gasteiger partial charge in [-0.2, -0.15) is 0 Å². The molecule has 0 aliphatic carbocycles. The first kappa shape index (κ1) is 18.7. The number of benzene rings is 1. The number of ketones is 1. The van der Waals surface area contributed by atoms with Crippen molar-refractivity contribution in [1.29, 1.82) is 0 Å². The van der Waals surface area contributed by atoms with Gasteiger partial charge in [-0.05, 0) is 29.5 Å². The molecule has 0 bridgehead atoms. The van der Waals surface area contributed by atoms with Gasteiger partial charge in [0.05, 0.1) is 19.3 Å². The number of hydrogen-bond donors (Lipinski definition) is 1. The van der Waals surface area contributed by atoms with Gasteiger partial charge < -0.3 is 14.6 Å². The highest BCUT2D eigenvalue weighted by molar-refractivity contribution is 6.39. The molecule has 1 aromatic carbocycles. The van der Waals surface area contributed by atoms with Gasteiger partial charge in [-0.25, -0.2) is 4.79 Å². The van der Waals surface area contributed by atoms with Crippen LogP contribution in [-0.2, 0) is 19.7 Å². The highest BCUT2D eigenvalue weighted by Crippen LogP contribution is 2.31. The lowest BCUT2D eigenvalue weighted by Gasteiger charge is -2.21. The van der Waals surface area contributed by atoms with Gasteiger partial charge in [0.1, 0.15) is 11.5 Å². The van der Waals surface area contributed by atoms with Crippen molar-refractivity contribution in [2.24, 2.45) is 0 Å². The number of esters is 1. The average molecular weight is 320 g/mol. The lowest BCUT2D eigenvalue weighted by molar-refractivity contribution is -0.149. The van der Waals surface area contributed by atoms with Crippen molar-refractivity contribution in [2.45, 2.75) is 39.5 Å².